The largest absolute Gasteiger partial charge is 0.497 e. The van der Waals surface area contributed by atoms with E-state index < -0.39 is 0 Å². The Morgan fingerprint density at radius 3 is 2.62 bits per heavy atom. The molecular formula is C27H31N5O5. The lowest BCUT2D eigenvalue weighted by molar-refractivity contribution is -0.132. The number of carbonyl (C=O) groups excluding carboxylic acids is 2. The van der Waals surface area contributed by atoms with Gasteiger partial charge in [-0.3, -0.25) is 9.59 Å². The third kappa shape index (κ3) is 5.91. The average Bonchev–Trinajstić information content (AvgIpc) is 3.67. The van der Waals surface area contributed by atoms with Gasteiger partial charge in [0.25, 0.3) is 5.91 Å². The van der Waals surface area contributed by atoms with Gasteiger partial charge in [-0.15, -0.1) is 10.2 Å². The van der Waals surface area contributed by atoms with Crippen molar-refractivity contribution in [2.24, 2.45) is 0 Å². The van der Waals surface area contributed by atoms with Crippen LogP contribution < -0.4 is 9.64 Å². The first-order valence-corrected chi connectivity index (χ1v) is 12.6. The number of nitrogens with zero attached hydrogens (tertiary/aromatic N) is 5. The molecule has 5 rings (SSSR count). The van der Waals surface area contributed by atoms with Crippen molar-refractivity contribution >= 4 is 17.6 Å². The molecule has 4 heterocycles. The highest BCUT2D eigenvalue weighted by atomic mass is 16.5. The Labute approximate surface area is 215 Å². The minimum atomic E-state index is -0.293. The van der Waals surface area contributed by atoms with Crippen LogP contribution in [0.2, 0.25) is 0 Å². The van der Waals surface area contributed by atoms with Gasteiger partial charge in [0.05, 0.1) is 25.2 Å². The number of carbonyl (C=O) groups is 2. The van der Waals surface area contributed by atoms with Gasteiger partial charge in [-0.1, -0.05) is 12.1 Å². The lowest BCUT2D eigenvalue weighted by Gasteiger charge is -2.36. The smallest absolute Gasteiger partial charge is 0.290 e. The number of ether oxygens (including phenoxy) is 2. The first-order chi connectivity index (χ1) is 18.1. The fraction of sp³-hybridized carbons (Fsp3) is 0.407. The van der Waals surface area contributed by atoms with Crippen molar-refractivity contribution in [1.82, 2.24) is 20.0 Å². The van der Waals surface area contributed by atoms with E-state index in [9.17, 15) is 9.59 Å². The third-order valence-corrected chi connectivity index (χ3v) is 6.77. The molecule has 1 aromatic carbocycles. The summed E-state index contributed by atoms with van der Waals surface area (Å²) in [5.41, 5.74) is 1.70. The maximum absolute atomic E-state index is 13.2. The van der Waals surface area contributed by atoms with Crippen molar-refractivity contribution in [3.05, 3.63) is 60.6 Å². The summed E-state index contributed by atoms with van der Waals surface area (Å²) in [6.45, 7) is 3.41. The summed E-state index contributed by atoms with van der Waals surface area (Å²) < 4.78 is 16.3. The predicted octanol–water partition coefficient (Wildman–Crippen LogP) is 2.72. The van der Waals surface area contributed by atoms with E-state index in [2.05, 4.69) is 15.1 Å². The molecule has 2 saturated heterocycles. The van der Waals surface area contributed by atoms with Crippen molar-refractivity contribution in [2.75, 3.05) is 57.9 Å². The summed E-state index contributed by atoms with van der Waals surface area (Å²) >= 11 is 0. The van der Waals surface area contributed by atoms with Crippen LogP contribution >= 0.6 is 0 Å². The van der Waals surface area contributed by atoms with Gasteiger partial charge in [-0.25, -0.2) is 0 Å². The zero-order valence-electron chi connectivity index (χ0n) is 20.9. The van der Waals surface area contributed by atoms with E-state index in [1.54, 1.807) is 29.0 Å². The zero-order chi connectivity index (χ0) is 25.6. The summed E-state index contributed by atoms with van der Waals surface area (Å²) in [7, 11) is 1.64. The molecule has 0 N–H and O–H groups in total. The van der Waals surface area contributed by atoms with Crippen LogP contribution in [-0.4, -0.2) is 90.9 Å². The number of hydrogen-bond donors (Lipinski definition) is 0. The highest BCUT2D eigenvalue weighted by Crippen LogP contribution is 2.23. The number of amides is 2. The summed E-state index contributed by atoms with van der Waals surface area (Å²) in [6.07, 6.45) is 3.26. The van der Waals surface area contributed by atoms with E-state index in [1.807, 2.05) is 36.4 Å². The summed E-state index contributed by atoms with van der Waals surface area (Å²) in [5, 5.41) is 8.81. The second-order valence-electron chi connectivity index (χ2n) is 9.17. The van der Waals surface area contributed by atoms with Gasteiger partial charge >= 0.3 is 0 Å². The van der Waals surface area contributed by atoms with Crippen molar-refractivity contribution in [1.29, 1.82) is 0 Å². The molecule has 2 aliphatic rings. The van der Waals surface area contributed by atoms with Crippen LogP contribution in [0.25, 0.3) is 11.3 Å². The molecule has 3 aromatic rings. The molecule has 2 aliphatic heterocycles. The summed E-state index contributed by atoms with van der Waals surface area (Å²) in [4.78, 5) is 31.6. The van der Waals surface area contributed by atoms with E-state index in [-0.39, 0.29) is 30.2 Å². The third-order valence-electron chi connectivity index (χ3n) is 6.77. The number of methoxy groups -OCH3 is 1. The second kappa shape index (κ2) is 11.4. The Bertz CT molecular complexity index is 1190. The van der Waals surface area contributed by atoms with Crippen LogP contribution in [0.3, 0.4) is 0 Å². The predicted molar refractivity (Wildman–Crippen MR) is 136 cm³/mol. The Hall–Kier alpha value is -3.92. The minimum Gasteiger partial charge on any atom is -0.497 e. The van der Waals surface area contributed by atoms with E-state index in [0.717, 1.165) is 35.7 Å². The van der Waals surface area contributed by atoms with E-state index >= 15 is 0 Å². The molecule has 1 atom stereocenters. The monoisotopic (exact) mass is 505 g/mol. The molecule has 0 saturated carbocycles. The number of rotatable bonds is 8. The Morgan fingerprint density at radius 2 is 1.95 bits per heavy atom. The van der Waals surface area contributed by atoms with Crippen LogP contribution in [0.15, 0.2) is 59.2 Å². The van der Waals surface area contributed by atoms with Gasteiger partial charge < -0.3 is 28.6 Å². The topological polar surface area (TPSA) is 101 Å². The van der Waals surface area contributed by atoms with Gasteiger partial charge in [0.1, 0.15) is 12.3 Å². The van der Waals surface area contributed by atoms with Gasteiger partial charge in [0.15, 0.2) is 11.6 Å². The first-order valence-electron chi connectivity index (χ1n) is 12.6. The molecule has 37 heavy (non-hydrogen) atoms. The molecule has 1 unspecified atom stereocenters. The molecule has 2 fully saturated rings. The SMILES string of the molecule is COc1cccc(-c2ccc(N3CCN(C(=O)CN(CC4CCCO4)C(=O)c4ccco4)CC3)nn2)c1. The number of hydrogen-bond acceptors (Lipinski definition) is 8. The fourth-order valence-electron chi connectivity index (χ4n) is 4.69. The van der Waals surface area contributed by atoms with Crippen LogP contribution in [0, 0.1) is 0 Å². The molecule has 0 radical (unpaired) electrons. The fourth-order valence-corrected chi connectivity index (χ4v) is 4.69. The number of aromatic nitrogens is 2. The number of anilines is 1. The number of benzene rings is 1. The van der Waals surface area contributed by atoms with Crippen molar-refractivity contribution in [2.45, 2.75) is 18.9 Å². The van der Waals surface area contributed by atoms with Gasteiger partial charge in [-0.05, 0) is 49.2 Å². The van der Waals surface area contributed by atoms with Crippen molar-refractivity contribution in [3.8, 4) is 17.0 Å². The molecule has 0 bridgehead atoms. The van der Waals surface area contributed by atoms with E-state index in [4.69, 9.17) is 13.9 Å². The van der Waals surface area contributed by atoms with Crippen LogP contribution in [-0.2, 0) is 9.53 Å². The summed E-state index contributed by atoms with van der Waals surface area (Å²) in [5.74, 6) is 1.39. The molecular weight excluding hydrogens is 474 g/mol. The van der Waals surface area contributed by atoms with Crippen LogP contribution in [0.1, 0.15) is 23.4 Å². The van der Waals surface area contributed by atoms with Crippen LogP contribution in [0.5, 0.6) is 5.75 Å². The number of piperazine rings is 1. The van der Waals surface area contributed by atoms with Crippen molar-refractivity contribution < 1.29 is 23.5 Å². The highest BCUT2D eigenvalue weighted by molar-refractivity contribution is 5.94. The second-order valence-corrected chi connectivity index (χ2v) is 9.17. The Balaban J connectivity index is 1.18. The lowest BCUT2D eigenvalue weighted by Crippen LogP contribution is -2.52. The lowest BCUT2D eigenvalue weighted by atomic mass is 10.1. The van der Waals surface area contributed by atoms with Crippen LogP contribution in [0.4, 0.5) is 5.82 Å². The Morgan fingerprint density at radius 1 is 1.08 bits per heavy atom. The zero-order valence-corrected chi connectivity index (χ0v) is 20.9. The molecule has 194 valence electrons. The van der Waals surface area contributed by atoms with Gasteiger partial charge in [0, 0.05) is 44.9 Å². The molecule has 0 aliphatic carbocycles. The average molecular weight is 506 g/mol. The molecule has 2 aromatic heterocycles. The molecule has 10 nitrogen and oxygen atoms in total. The standard InChI is InChI=1S/C27H31N5O5/c1-35-21-6-2-5-20(17-21)23-9-10-25(29-28-23)30-11-13-31(14-12-30)26(33)19-32(18-22-7-3-15-36-22)27(34)24-8-4-16-37-24/h2,4-6,8-10,16-17,22H,3,7,11-15,18-19H2,1H3. The normalized spacial score (nSPS) is 17.6. The molecule has 2 amide bonds. The minimum absolute atomic E-state index is 0.00552. The Kier molecular flexibility index (Phi) is 7.65. The first kappa shape index (κ1) is 24.8. The van der Waals surface area contributed by atoms with Gasteiger partial charge in [0.2, 0.25) is 5.91 Å². The molecule has 10 heteroatoms. The number of furan rings is 1. The quantitative estimate of drug-likeness (QED) is 0.461. The van der Waals surface area contributed by atoms with E-state index in [1.165, 1.54) is 6.26 Å². The summed E-state index contributed by atoms with van der Waals surface area (Å²) in [6, 6.07) is 14.9. The van der Waals surface area contributed by atoms with E-state index in [0.29, 0.717) is 39.3 Å². The maximum Gasteiger partial charge on any atom is 0.290 e. The molecule has 0 spiro atoms. The van der Waals surface area contributed by atoms with Crippen molar-refractivity contribution in [3.63, 3.8) is 0 Å². The highest BCUT2D eigenvalue weighted by Gasteiger charge is 2.29. The maximum atomic E-state index is 13.2. The van der Waals surface area contributed by atoms with Gasteiger partial charge in [-0.2, -0.15) is 0 Å².